The quantitative estimate of drug-likeness (QED) is 0.714. The third-order valence-corrected chi connectivity index (χ3v) is 2.96. The molecule has 72 valence electrons. The van der Waals surface area contributed by atoms with Crippen LogP contribution in [0.15, 0.2) is 28.7 Å². The normalized spacial score (nSPS) is 12.8. The molecule has 0 saturated heterocycles. The van der Waals surface area contributed by atoms with Crippen molar-refractivity contribution in [2.75, 3.05) is 0 Å². The molecule has 0 amide bonds. The van der Waals surface area contributed by atoms with E-state index in [9.17, 15) is 0 Å². The first kappa shape index (κ1) is 10.8. The van der Waals surface area contributed by atoms with Gasteiger partial charge in [-0.15, -0.1) is 0 Å². The van der Waals surface area contributed by atoms with E-state index in [2.05, 4.69) is 54.0 Å². The Morgan fingerprint density at radius 2 is 1.85 bits per heavy atom. The Labute approximate surface area is 89.5 Å². The Morgan fingerprint density at radius 1 is 1.23 bits per heavy atom. The fourth-order valence-corrected chi connectivity index (χ4v) is 1.73. The second-order valence-corrected chi connectivity index (χ2v) is 4.51. The van der Waals surface area contributed by atoms with E-state index < -0.39 is 0 Å². The summed E-state index contributed by atoms with van der Waals surface area (Å²) in [6, 6.07) is 8.67. The third-order valence-electron chi connectivity index (χ3n) is 2.43. The van der Waals surface area contributed by atoms with E-state index in [1.807, 2.05) is 0 Å². The Bertz CT molecular complexity index is 238. The second kappa shape index (κ2) is 5.43. The maximum atomic E-state index is 3.45. The van der Waals surface area contributed by atoms with Crippen LogP contribution >= 0.6 is 15.9 Å². The number of unbranched alkanes of at least 4 members (excludes halogenated alkanes) is 1. The van der Waals surface area contributed by atoms with Crippen LogP contribution < -0.4 is 0 Å². The zero-order valence-electron chi connectivity index (χ0n) is 8.39. The average molecular weight is 241 g/mol. The maximum absolute atomic E-state index is 3.45. The number of rotatable bonds is 4. The highest BCUT2D eigenvalue weighted by Gasteiger charge is 2.03. The molecule has 0 N–H and O–H groups in total. The molecule has 13 heavy (non-hydrogen) atoms. The smallest absolute Gasteiger partial charge is 0.0175 e. The molecule has 0 saturated carbocycles. The summed E-state index contributed by atoms with van der Waals surface area (Å²) in [6.07, 6.45) is 3.93. The van der Waals surface area contributed by atoms with Crippen molar-refractivity contribution in [3.05, 3.63) is 34.3 Å². The molecular weight excluding hydrogens is 224 g/mol. The number of hydrogen-bond donors (Lipinski definition) is 0. The third kappa shape index (κ3) is 3.51. The molecule has 0 fully saturated rings. The zero-order chi connectivity index (χ0) is 9.68. The monoisotopic (exact) mass is 240 g/mol. The SMILES string of the molecule is CCCC[C@H](C)c1ccc(Br)cc1. The van der Waals surface area contributed by atoms with Crippen LogP contribution in [0.1, 0.15) is 44.6 Å². The summed E-state index contributed by atoms with van der Waals surface area (Å²) >= 11 is 3.45. The average Bonchev–Trinajstić information content (AvgIpc) is 2.15. The Morgan fingerprint density at radius 3 is 2.38 bits per heavy atom. The molecule has 0 radical (unpaired) electrons. The first-order chi connectivity index (χ1) is 6.24. The standard InChI is InChI=1S/C12H17Br/c1-3-4-5-10(2)11-6-8-12(13)9-7-11/h6-10H,3-5H2,1-2H3/t10-/m0/s1. The minimum absolute atomic E-state index is 0.702. The van der Waals surface area contributed by atoms with Gasteiger partial charge in [0.15, 0.2) is 0 Å². The Kier molecular flexibility index (Phi) is 4.51. The van der Waals surface area contributed by atoms with Crippen molar-refractivity contribution < 1.29 is 0 Å². The van der Waals surface area contributed by atoms with Crippen LogP contribution in [0.25, 0.3) is 0 Å². The minimum atomic E-state index is 0.702. The van der Waals surface area contributed by atoms with Gasteiger partial charge >= 0.3 is 0 Å². The van der Waals surface area contributed by atoms with E-state index in [1.165, 1.54) is 29.3 Å². The maximum Gasteiger partial charge on any atom is 0.0175 e. The second-order valence-electron chi connectivity index (χ2n) is 3.59. The lowest BCUT2D eigenvalue weighted by Gasteiger charge is -2.10. The molecule has 0 aliphatic heterocycles. The summed E-state index contributed by atoms with van der Waals surface area (Å²) in [7, 11) is 0. The zero-order valence-corrected chi connectivity index (χ0v) is 9.97. The molecule has 0 aliphatic rings. The number of hydrogen-bond acceptors (Lipinski definition) is 0. The van der Waals surface area contributed by atoms with Crippen molar-refractivity contribution in [1.29, 1.82) is 0 Å². The van der Waals surface area contributed by atoms with Gasteiger partial charge in [0, 0.05) is 4.47 Å². The minimum Gasteiger partial charge on any atom is -0.0654 e. The van der Waals surface area contributed by atoms with Crippen LogP contribution in [0.5, 0.6) is 0 Å². The van der Waals surface area contributed by atoms with E-state index in [1.54, 1.807) is 0 Å². The molecule has 0 nitrogen and oxygen atoms in total. The lowest BCUT2D eigenvalue weighted by molar-refractivity contribution is 0.624. The van der Waals surface area contributed by atoms with Crippen LogP contribution in [0.4, 0.5) is 0 Å². The molecule has 0 bridgehead atoms. The van der Waals surface area contributed by atoms with Crippen molar-refractivity contribution >= 4 is 15.9 Å². The fourth-order valence-electron chi connectivity index (χ4n) is 1.47. The molecule has 0 spiro atoms. The molecule has 0 heterocycles. The Hall–Kier alpha value is -0.300. The molecule has 0 aliphatic carbocycles. The van der Waals surface area contributed by atoms with E-state index in [0.717, 1.165) is 0 Å². The molecule has 1 aromatic carbocycles. The summed E-state index contributed by atoms with van der Waals surface area (Å²) in [5.74, 6) is 0.702. The van der Waals surface area contributed by atoms with Crippen molar-refractivity contribution in [2.24, 2.45) is 0 Å². The van der Waals surface area contributed by atoms with Gasteiger partial charge < -0.3 is 0 Å². The van der Waals surface area contributed by atoms with Gasteiger partial charge in [0.25, 0.3) is 0 Å². The Balaban J connectivity index is 2.55. The highest BCUT2D eigenvalue weighted by Crippen LogP contribution is 2.22. The summed E-state index contributed by atoms with van der Waals surface area (Å²) in [5, 5.41) is 0. The summed E-state index contributed by atoms with van der Waals surface area (Å²) in [5.41, 5.74) is 1.46. The van der Waals surface area contributed by atoms with E-state index in [4.69, 9.17) is 0 Å². The molecule has 1 atom stereocenters. The molecule has 0 aromatic heterocycles. The van der Waals surface area contributed by atoms with Crippen molar-refractivity contribution in [3.63, 3.8) is 0 Å². The van der Waals surface area contributed by atoms with Gasteiger partial charge in [-0.25, -0.2) is 0 Å². The fraction of sp³-hybridized carbons (Fsp3) is 0.500. The van der Waals surface area contributed by atoms with Crippen molar-refractivity contribution in [3.8, 4) is 0 Å². The van der Waals surface area contributed by atoms with Crippen LogP contribution in [-0.2, 0) is 0 Å². The molecule has 0 unspecified atom stereocenters. The summed E-state index contributed by atoms with van der Waals surface area (Å²) in [6.45, 7) is 4.55. The molecule has 1 rings (SSSR count). The van der Waals surface area contributed by atoms with Gasteiger partial charge in [-0.1, -0.05) is 54.8 Å². The van der Waals surface area contributed by atoms with Gasteiger partial charge in [-0.2, -0.15) is 0 Å². The van der Waals surface area contributed by atoms with Gasteiger partial charge in [-0.05, 0) is 30.0 Å². The highest BCUT2D eigenvalue weighted by atomic mass is 79.9. The first-order valence-corrected chi connectivity index (χ1v) is 5.78. The molecular formula is C12H17Br. The van der Waals surface area contributed by atoms with E-state index in [0.29, 0.717) is 5.92 Å². The van der Waals surface area contributed by atoms with Crippen molar-refractivity contribution in [1.82, 2.24) is 0 Å². The van der Waals surface area contributed by atoms with Crippen LogP contribution in [0, 0.1) is 0 Å². The molecule has 1 aromatic rings. The van der Waals surface area contributed by atoms with Gasteiger partial charge in [-0.3, -0.25) is 0 Å². The number of halogens is 1. The van der Waals surface area contributed by atoms with Gasteiger partial charge in [0.1, 0.15) is 0 Å². The van der Waals surface area contributed by atoms with Crippen LogP contribution in [0.2, 0.25) is 0 Å². The molecule has 1 heteroatoms. The summed E-state index contributed by atoms with van der Waals surface area (Å²) in [4.78, 5) is 0. The predicted molar refractivity (Wildman–Crippen MR) is 62.1 cm³/mol. The van der Waals surface area contributed by atoms with Crippen molar-refractivity contribution in [2.45, 2.75) is 39.0 Å². The number of benzene rings is 1. The van der Waals surface area contributed by atoms with E-state index in [-0.39, 0.29) is 0 Å². The highest BCUT2D eigenvalue weighted by molar-refractivity contribution is 9.10. The largest absolute Gasteiger partial charge is 0.0654 e. The van der Waals surface area contributed by atoms with Gasteiger partial charge in [0.2, 0.25) is 0 Å². The predicted octanol–water partition coefficient (Wildman–Crippen LogP) is 4.74. The van der Waals surface area contributed by atoms with Crippen LogP contribution in [-0.4, -0.2) is 0 Å². The first-order valence-electron chi connectivity index (χ1n) is 4.99. The lowest BCUT2D eigenvalue weighted by Crippen LogP contribution is -1.92. The lowest BCUT2D eigenvalue weighted by atomic mass is 9.96. The summed E-state index contributed by atoms with van der Waals surface area (Å²) < 4.78 is 1.17. The van der Waals surface area contributed by atoms with Gasteiger partial charge in [0.05, 0.1) is 0 Å². The van der Waals surface area contributed by atoms with Crippen LogP contribution in [0.3, 0.4) is 0 Å². The topological polar surface area (TPSA) is 0 Å². The van der Waals surface area contributed by atoms with E-state index >= 15 is 0 Å².